The number of aromatic nitrogens is 1. The van der Waals surface area contributed by atoms with Gasteiger partial charge in [0.2, 0.25) is 5.88 Å². The van der Waals surface area contributed by atoms with Gasteiger partial charge in [-0.25, -0.2) is 9.37 Å². The van der Waals surface area contributed by atoms with Gasteiger partial charge in [-0.3, -0.25) is 0 Å². The fourth-order valence-corrected chi connectivity index (χ4v) is 1.84. The van der Waals surface area contributed by atoms with Crippen LogP contribution >= 0.6 is 11.6 Å². The molecule has 0 saturated carbocycles. The molecule has 0 spiro atoms. The highest BCUT2D eigenvalue weighted by Gasteiger charge is 2.09. The minimum Gasteiger partial charge on any atom is -0.478 e. The molecule has 94 valence electrons. The number of ether oxygens (including phenoxy) is 1. The number of benzene rings is 1. The Balaban J connectivity index is 2.39. The van der Waals surface area contributed by atoms with Crippen molar-refractivity contribution in [3.05, 3.63) is 41.3 Å². The molecule has 0 amide bonds. The Morgan fingerprint density at radius 2 is 2.17 bits per heavy atom. The summed E-state index contributed by atoms with van der Waals surface area (Å²) in [7, 11) is 0. The Kier molecular flexibility index (Phi) is 3.67. The van der Waals surface area contributed by atoms with Gasteiger partial charge >= 0.3 is 0 Å². The zero-order valence-corrected chi connectivity index (χ0v) is 10.5. The maximum absolute atomic E-state index is 13.4. The Labute approximate surface area is 109 Å². The Morgan fingerprint density at radius 3 is 2.78 bits per heavy atom. The number of halogens is 2. The molecule has 1 aromatic heterocycles. The van der Waals surface area contributed by atoms with Gasteiger partial charge in [0.1, 0.15) is 5.82 Å². The molecule has 0 unspecified atom stereocenters. The topological polar surface area (TPSA) is 48.1 Å². The molecular weight excluding hydrogens is 255 g/mol. The summed E-state index contributed by atoms with van der Waals surface area (Å²) in [4.78, 5) is 4.10. The monoisotopic (exact) mass is 266 g/mol. The molecule has 0 atom stereocenters. The molecule has 0 aliphatic heterocycles. The van der Waals surface area contributed by atoms with E-state index in [1.165, 1.54) is 12.1 Å². The molecule has 5 heteroatoms. The molecule has 0 aliphatic carbocycles. The summed E-state index contributed by atoms with van der Waals surface area (Å²) in [6.07, 6.45) is 1.59. The van der Waals surface area contributed by atoms with Gasteiger partial charge in [0.25, 0.3) is 0 Å². The zero-order chi connectivity index (χ0) is 13.1. The summed E-state index contributed by atoms with van der Waals surface area (Å²) in [6, 6.07) is 6.18. The highest BCUT2D eigenvalue weighted by molar-refractivity contribution is 6.33. The third kappa shape index (κ3) is 2.54. The van der Waals surface area contributed by atoms with E-state index < -0.39 is 5.82 Å². The van der Waals surface area contributed by atoms with Crippen LogP contribution in [0.4, 0.5) is 10.1 Å². The highest BCUT2D eigenvalue weighted by Crippen LogP contribution is 2.31. The second kappa shape index (κ2) is 5.23. The minimum absolute atomic E-state index is 0.0302. The average molecular weight is 267 g/mol. The van der Waals surface area contributed by atoms with E-state index in [-0.39, 0.29) is 5.69 Å². The standard InChI is InChI=1S/C13H12ClFN2O/c1-2-18-13-4-3-8(7-17-13)9-5-11(15)12(16)6-10(9)14/h3-7H,2,16H2,1H3. The average Bonchev–Trinajstić information content (AvgIpc) is 2.35. The Morgan fingerprint density at radius 1 is 1.39 bits per heavy atom. The van der Waals surface area contributed by atoms with Crippen molar-refractivity contribution in [2.75, 3.05) is 12.3 Å². The molecule has 3 nitrogen and oxygen atoms in total. The van der Waals surface area contributed by atoms with Gasteiger partial charge in [0, 0.05) is 23.4 Å². The lowest BCUT2D eigenvalue weighted by Gasteiger charge is -2.07. The first-order valence-corrected chi connectivity index (χ1v) is 5.83. The third-order valence-corrected chi connectivity index (χ3v) is 2.74. The molecule has 2 rings (SSSR count). The van der Waals surface area contributed by atoms with Crippen molar-refractivity contribution in [2.24, 2.45) is 0 Å². The number of nitrogens with two attached hydrogens (primary N) is 1. The van der Waals surface area contributed by atoms with E-state index in [1.54, 1.807) is 18.3 Å². The fourth-order valence-electron chi connectivity index (χ4n) is 1.56. The van der Waals surface area contributed by atoms with Crippen LogP contribution in [0, 0.1) is 5.82 Å². The molecular formula is C13H12ClFN2O. The van der Waals surface area contributed by atoms with E-state index in [9.17, 15) is 4.39 Å². The van der Waals surface area contributed by atoms with E-state index in [0.717, 1.165) is 0 Å². The van der Waals surface area contributed by atoms with Crippen LogP contribution in [0.1, 0.15) is 6.92 Å². The largest absolute Gasteiger partial charge is 0.478 e. The number of nitrogen functional groups attached to an aromatic ring is 1. The highest BCUT2D eigenvalue weighted by atomic mass is 35.5. The van der Waals surface area contributed by atoms with Crippen molar-refractivity contribution >= 4 is 17.3 Å². The zero-order valence-electron chi connectivity index (χ0n) is 9.78. The van der Waals surface area contributed by atoms with Crippen LogP contribution in [0.25, 0.3) is 11.1 Å². The SMILES string of the molecule is CCOc1ccc(-c2cc(F)c(N)cc2Cl)cn1. The normalized spacial score (nSPS) is 10.4. The van der Waals surface area contributed by atoms with Crippen LogP contribution < -0.4 is 10.5 Å². The fraction of sp³-hybridized carbons (Fsp3) is 0.154. The van der Waals surface area contributed by atoms with Gasteiger partial charge in [0.05, 0.1) is 17.3 Å². The summed E-state index contributed by atoms with van der Waals surface area (Å²) in [5.41, 5.74) is 6.73. The van der Waals surface area contributed by atoms with Crippen LogP contribution in [0.5, 0.6) is 5.88 Å². The predicted octanol–water partition coefficient (Wildman–Crippen LogP) is 3.52. The number of nitrogens with zero attached hydrogens (tertiary/aromatic N) is 1. The van der Waals surface area contributed by atoms with Crippen LogP contribution in [0.3, 0.4) is 0 Å². The molecule has 1 aromatic carbocycles. The smallest absolute Gasteiger partial charge is 0.213 e. The van der Waals surface area contributed by atoms with Crippen molar-refractivity contribution in [1.29, 1.82) is 0 Å². The number of anilines is 1. The van der Waals surface area contributed by atoms with Crippen molar-refractivity contribution in [1.82, 2.24) is 4.98 Å². The molecule has 18 heavy (non-hydrogen) atoms. The van der Waals surface area contributed by atoms with Gasteiger partial charge in [-0.1, -0.05) is 11.6 Å². The molecule has 0 bridgehead atoms. The lowest BCUT2D eigenvalue weighted by Crippen LogP contribution is -1.95. The molecule has 0 fully saturated rings. The maximum Gasteiger partial charge on any atom is 0.213 e. The van der Waals surface area contributed by atoms with Gasteiger partial charge < -0.3 is 10.5 Å². The van der Waals surface area contributed by atoms with Gasteiger partial charge in [-0.05, 0) is 25.1 Å². The van der Waals surface area contributed by atoms with Crippen molar-refractivity contribution in [3.63, 3.8) is 0 Å². The van der Waals surface area contributed by atoms with Crippen molar-refractivity contribution in [2.45, 2.75) is 6.92 Å². The van der Waals surface area contributed by atoms with Gasteiger partial charge in [-0.15, -0.1) is 0 Å². The number of hydrogen-bond acceptors (Lipinski definition) is 3. The van der Waals surface area contributed by atoms with E-state index in [0.29, 0.717) is 28.6 Å². The minimum atomic E-state index is -0.497. The van der Waals surface area contributed by atoms with E-state index in [2.05, 4.69) is 4.98 Å². The molecule has 1 heterocycles. The Bertz CT molecular complexity index is 558. The second-order valence-electron chi connectivity index (χ2n) is 3.67. The predicted molar refractivity (Wildman–Crippen MR) is 70.2 cm³/mol. The summed E-state index contributed by atoms with van der Waals surface area (Å²) in [5.74, 6) is 0.0246. The first kappa shape index (κ1) is 12.6. The summed E-state index contributed by atoms with van der Waals surface area (Å²) >= 11 is 6.03. The second-order valence-corrected chi connectivity index (χ2v) is 4.08. The van der Waals surface area contributed by atoms with Gasteiger partial charge in [-0.2, -0.15) is 0 Å². The quantitative estimate of drug-likeness (QED) is 0.865. The van der Waals surface area contributed by atoms with Gasteiger partial charge in [0.15, 0.2) is 0 Å². The molecule has 0 radical (unpaired) electrons. The van der Waals surface area contributed by atoms with Crippen molar-refractivity contribution < 1.29 is 9.13 Å². The number of hydrogen-bond donors (Lipinski definition) is 1. The summed E-state index contributed by atoms with van der Waals surface area (Å²) < 4.78 is 18.6. The van der Waals surface area contributed by atoms with E-state index >= 15 is 0 Å². The van der Waals surface area contributed by atoms with Crippen LogP contribution in [-0.4, -0.2) is 11.6 Å². The van der Waals surface area contributed by atoms with Crippen LogP contribution in [0.2, 0.25) is 5.02 Å². The van der Waals surface area contributed by atoms with Crippen molar-refractivity contribution in [3.8, 4) is 17.0 Å². The molecule has 2 aromatic rings. The summed E-state index contributed by atoms with van der Waals surface area (Å²) in [5, 5.41) is 0.389. The number of rotatable bonds is 3. The molecule has 2 N–H and O–H groups in total. The van der Waals surface area contributed by atoms with Crippen LogP contribution in [-0.2, 0) is 0 Å². The third-order valence-electron chi connectivity index (χ3n) is 2.43. The maximum atomic E-state index is 13.4. The first-order valence-electron chi connectivity index (χ1n) is 5.45. The number of pyridine rings is 1. The first-order chi connectivity index (χ1) is 8.61. The summed E-state index contributed by atoms with van der Waals surface area (Å²) in [6.45, 7) is 2.42. The lowest BCUT2D eigenvalue weighted by molar-refractivity contribution is 0.327. The molecule has 0 aliphatic rings. The lowest BCUT2D eigenvalue weighted by atomic mass is 10.1. The van der Waals surface area contributed by atoms with E-state index in [1.807, 2.05) is 6.92 Å². The van der Waals surface area contributed by atoms with E-state index in [4.69, 9.17) is 22.1 Å². The van der Waals surface area contributed by atoms with Crippen LogP contribution in [0.15, 0.2) is 30.5 Å². The Hall–Kier alpha value is -1.81. The molecule has 0 saturated heterocycles.